The van der Waals surface area contributed by atoms with Gasteiger partial charge in [0.25, 0.3) is 11.8 Å². The second kappa shape index (κ2) is 6.02. The lowest BCUT2D eigenvalue weighted by molar-refractivity contribution is 0.1000. The van der Waals surface area contributed by atoms with E-state index in [2.05, 4.69) is 10.2 Å². The molecule has 0 aliphatic carbocycles. The maximum atomic E-state index is 12.4. The number of hydrogen-bond donors (Lipinski definition) is 3. The van der Waals surface area contributed by atoms with Crippen molar-refractivity contribution in [1.29, 1.82) is 0 Å². The number of para-hydroxylation sites is 1. The molecule has 0 saturated carbocycles. The predicted molar refractivity (Wildman–Crippen MR) is 88.9 cm³/mol. The molecule has 4 N–H and O–H groups in total. The molecule has 0 fully saturated rings. The van der Waals surface area contributed by atoms with Crippen LogP contribution >= 0.6 is 11.3 Å². The predicted octanol–water partition coefficient (Wildman–Crippen LogP) is 1.79. The topological polar surface area (TPSA) is 95.7 Å². The average Bonchev–Trinajstić information content (AvgIpc) is 2.84. The lowest BCUT2D eigenvalue weighted by atomic mass is 10.0. The van der Waals surface area contributed by atoms with Gasteiger partial charge in [-0.15, -0.1) is 11.3 Å². The zero-order valence-electron chi connectivity index (χ0n) is 12.6. The van der Waals surface area contributed by atoms with Crippen LogP contribution in [0.15, 0.2) is 24.3 Å². The number of likely N-dealkylation sites (N-methyl/N-ethyl adjacent to an activating group) is 1. The second-order valence-corrected chi connectivity index (χ2v) is 6.64. The number of thiophene rings is 1. The Morgan fingerprint density at radius 1 is 1.35 bits per heavy atom. The van der Waals surface area contributed by atoms with Crippen molar-refractivity contribution >= 4 is 28.2 Å². The Balaban J connectivity index is 1.96. The molecular formula is C16H17N3O3S. The number of anilines is 1. The van der Waals surface area contributed by atoms with Crippen molar-refractivity contribution in [2.24, 2.45) is 5.73 Å². The van der Waals surface area contributed by atoms with Crippen molar-refractivity contribution in [2.75, 3.05) is 18.9 Å². The number of nitrogens with one attached hydrogen (secondary N) is 1. The maximum Gasteiger partial charge on any atom is 0.260 e. The molecule has 0 saturated heterocycles. The zero-order valence-corrected chi connectivity index (χ0v) is 13.4. The fourth-order valence-electron chi connectivity index (χ4n) is 2.72. The lowest BCUT2D eigenvalue weighted by Gasteiger charge is -2.22. The van der Waals surface area contributed by atoms with Gasteiger partial charge in [-0.2, -0.15) is 0 Å². The molecule has 0 radical (unpaired) electrons. The SMILES string of the molecule is CN1CCc2c(sc(NC(=O)c3ccccc3O)c2C(N)=O)C1. The zero-order chi connectivity index (χ0) is 16.6. The molecule has 0 unspecified atom stereocenters. The first kappa shape index (κ1) is 15.5. The summed E-state index contributed by atoms with van der Waals surface area (Å²) in [5.41, 5.74) is 6.99. The number of amides is 2. The summed E-state index contributed by atoms with van der Waals surface area (Å²) in [7, 11) is 2.01. The number of carbonyl (C=O) groups excluding carboxylic acids is 2. The number of nitrogens with two attached hydrogens (primary N) is 1. The molecular weight excluding hydrogens is 314 g/mol. The number of carbonyl (C=O) groups is 2. The van der Waals surface area contributed by atoms with E-state index in [1.54, 1.807) is 12.1 Å². The van der Waals surface area contributed by atoms with Crippen molar-refractivity contribution in [3.63, 3.8) is 0 Å². The highest BCUT2D eigenvalue weighted by molar-refractivity contribution is 7.17. The highest BCUT2D eigenvalue weighted by Gasteiger charge is 2.27. The summed E-state index contributed by atoms with van der Waals surface area (Å²) in [6, 6.07) is 6.27. The van der Waals surface area contributed by atoms with Gasteiger partial charge < -0.3 is 21.1 Å². The molecule has 23 heavy (non-hydrogen) atoms. The van der Waals surface area contributed by atoms with Crippen LogP contribution in [0.5, 0.6) is 5.75 Å². The molecule has 6 nitrogen and oxygen atoms in total. The molecule has 3 rings (SSSR count). The van der Waals surface area contributed by atoms with Crippen LogP contribution in [0.4, 0.5) is 5.00 Å². The number of fused-ring (bicyclic) bond motifs is 1. The van der Waals surface area contributed by atoms with Crippen molar-refractivity contribution in [1.82, 2.24) is 4.90 Å². The normalized spacial score (nSPS) is 14.3. The number of hydrogen-bond acceptors (Lipinski definition) is 5. The lowest BCUT2D eigenvalue weighted by Crippen LogP contribution is -2.27. The van der Waals surface area contributed by atoms with Crippen molar-refractivity contribution < 1.29 is 14.7 Å². The molecule has 2 amide bonds. The number of phenolic OH excluding ortho intramolecular Hbond substituents is 1. The molecule has 1 aliphatic heterocycles. The van der Waals surface area contributed by atoms with Crippen LogP contribution in [0, 0.1) is 0 Å². The quantitative estimate of drug-likeness (QED) is 0.799. The third kappa shape index (κ3) is 2.93. The largest absolute Gasteiger partial charge is 0.507 e. The molecule has 120 valence electrons. The monoisotopic (exact) mass is 331 g/mol. The Labute approximate surface area is 137 Å². The molecule has 2 heterocycles. The Bertz CT molecular complexity index is 785. The molecule has 2 aromatic rings. The van der Waals surface area contributed by atoms with Gasteiger partial charge in [-0.3, -0.25) is 9.59 Å². The average molecular weight is 331 g/mol. The van der Waals surface area contributed by atoms with E-state index in [-0.39, 0.29) is 11.3 Å². The molecule has 1 aromatic carbocycles. The molecule has 0 spiro atoms. The van der Waals surface area contributed by atoms with Gasteiger partial charge in [-0.25, -0.2) is 0 Å². The molecule has 1 aromatic heterocycles. The van der Waals surface area contributed by atoms with E-state index in [9.17, 15) is 14.7 Å². The standard InChI is InChI=1S/C16H17N3O3S/c1-19-7-6-10-12(8-19)23-16(13(10)14(17)21)18-15(22)9-4-2-3-5-11(9)20/h2-5,20H,6-8H2,1H3,(H2,17,21)(H,18,22). The first-order valence-electron chi connectivity index (χ1n) is 7.19. The third-order valence-electron chi connectivity index (χ3n) is 3.87. The minimum absolute atomic E-state index is 0.105. The first-order chi connectivity index (χ1) is 11.0. The van der Waals surface area contributed by atoms with E-state index >= 15 is 0 Å². The van der Waals surface area contributed by atoms with Crippen molar-refractivity contribution in [3.8, 4) is 5.75 Å². The van der Waals surface area contributed by atoms with E-state index in [4.69, 9.17) is 5.73 Å². The fourth-order valence-corrected chi connectivity index (χ4v) is 4.04. The number of nitrogens with zero attached hydrogens (tertiary/aromatic N) is 1. The maximum absolute atomic E-state index is 12.4. The summed E-state index contributed by atoms with van der Waals surface area (Å²) in [5.74, 6) is -1.11. The van der Waals surface area contributed by atoms with E-state index in [0.29, 0.717) is 10.6 Å². The Hall–Kier alpha value is -2.38. The third-order valence-corrected chi connectivity index (χ3v) is 5.00. The van der Waals surface area contributed by atoms with Crippen LogP contribution in [0.1, 0.15) is 31.2 Å². The molecule has 0 atom stereocenters. The van der Waals surface area contributed by atoms with Gasteiger partial charge in [0.1, 0.15) is 10.8 Å². The van der Waals surface area contributed by atoms with Crippen LogP contribution in [0.25, 0.3) is 0 Å². The van der Waals surface area contributed by atoms with Gasteiger partial charge in [-0.1, -0.05) is 12.1 Å². The van der Waals surface area contributed by atoms with E-state index in [0.717, 1.165) is 30.0 Å². The number of aromatic hydroxyl groups is 1. The molecule has 1 aliphatic rings. The van der Waals surface area contributed by atoms with E-state index in [1.165, 1.54) is 23.5 Å². The summed E-state index contributed by atoms with van der Waals surface area (Å²) in [6.07, 6.45) is 0.729. The van der Waals surface area contributed by atoms with Crippen molar-refractivity contribution in [3.05, 3.63) is 45.8 Å². The van der Waals surface area contributed by atoms with E-state index < -0.39 is 11.8 Å². The highest BCUT2D eigenvalue weighted by atomic mass is 32.1. The Morgan fingerprint density at radius 2 is 2.09 bits per heavy atom. The number of benzene rings is 1. The van der Waals surface area contributed by atoms with Gasteiger partial charge >= 0.3 is 0 Å². The van der Waals surface area contributed by atoms with Gasteiger partial charge in [-0.05, 0) is 31.2 Å². The Morgan fingerprint density at radius 3 is 2.78 bits per heavy atom. The summed E-state index contributed by atoms with van der Waals surface area (Å²) in [6.45, 7) is 1.57. The minimum atomic E-state index is -0.542. The van der Waals surface area contributed by atoms with Gasteiger partial charge in [0.2, 0.25) is 0 Å². The highest BCUT2D eigenvalue weighted by Crippen LogP contribution is 2.37. The van der Waals surface area contributed by atoms with Crippen LogP contribution in [-0.4, -0.2) is 35.4 Å². The Kier molecular flexibility index (Phi) is 4.06. The molecule has 7 heteroatoms. The number of primary amides is 1. The fraction of sp³-hybridized carbons (Fsp3) is 0.250. The molecule has 0 bridgehead atoms. The smallest absolute Gasteiger partial charge is 0.260 e. The minimum Gasteiger partial charge on any atom is -0.507 e. The first-order valence-corrected chi connectivity index (χ1v) is 8.01. The van der Waals surface area contributed by atoms with Crippen LogP contribution in [0.3, 0.4) is 0 Å². The van der Waals surface area contributed by atoms with Crippen LogP contribution < -0.4 is 11.1 Å². The van der Waals surface area contributed by atoms with Gasteiger partial charge in [0.05, 0.1) is 11.1 Å². The van der Waals surface area contributed by atoms with Crippen molar-refractivity contribution in [2.45, 2.75) is 13.0 Å². The van der Waals surface area contributed by atoms with E-state index in [1.807, 2.05) is 7.05 Å². The van der Waals surface area contributed by atoms with Crippen LogP contribution in [0.2, 0.25) is 0 Å². The summed E-state index contributed by atoms with van der Waals surface area (Å²) in [4.78, 5) is 27.4. The van der Waals surface area contributed by atoms with Crippen LogP contribution in [-0.2, 0) is 13.0 Å². The second-order valence-electron chi connectivity index (χ2n) is 5.53. The summed E-state index contributed by atoms with van der Waals surface area (Å²) in [5, 5.41) is 12.9. The number of phenols is 1. The summed E-state index contributed by atoms with van der Waals surface area (Å²) >= 11 is 1.37. The van der Waals surface area contributed by atoms with Gasteiger partial charge in [0, 0.05) is 18.0 Å². The summed E-state index contributed by atoms with van der Waals surface area (Å²) < 4.78 is 0. The van der Waals surface area contributed by atoms with Gasteiger partial charge in [0.15, 0.2) is 0 Å². The number of rotatable bonds is 3.